The zero-order chi connectivity index (χ0) is 18.1. The molecule has 0 radical (unpaired) electrons. The van der Waals surface area contributed by atoms with Gasteiger partial charge in [-0.3, -0.25) is 9.89 Å². The maximum absolute atomic E-state index is 11.8. The summed E-state index contributed by atoms with van der Waals surface area (Å²) in [6, 6.07) is 8.29. The molecule has 3 heterocycles. The Balaban J connectivity index is 1.55. The first-order chi connectivity index (χ1) is 12.6. The Hall–Kier alpha value is -1.41. The lowest BCUT2D eigenvalue weighted by molar-refractivity contribution is -0.146. The van der Waals surface area contributed by atoms with Crippen LogP contribution in [0, 0.1) is 0 Å². The topological polar surface area (TPSA) is 63.7 Å². The summed E-state index contributed by atoms with van der Waals surface area (Å²) in [6.07, 6.45) is -0.373. The number of carbonyl (C=O) groups excluding carboxylic acids is 1. The molecule has 6 nitrogen and oxygen atoms in total. The van der Waals surface area contributed by atoms with E-state index in [2.05, 4.69) is 48.7 Å². The third-order valence-corrected chi connectivity index (χ3v) is 5.84. The van der Waals surface area contributed by atoms with E-state index in [-0.39, 0.29) is 30.3 Å². The first-order valence-electron chi connectivity index (χ1n) is 9.02. The van der Waals surface area contributed by atoms with E-state index in [0.29, 0.717) is 19.8 Å². The predicted molar refractivity (Wildman–Crippen MR) is 101 cm³/mol. The molecule has 0 saturated carbocycles. The Morgan fingerprint density at radius 1 is 1.35 bits per heavy atom. The Morgan fingerprint density at radius 2 is 2.04 bits per heavy atom. The van der Waals surface area contributed by atoms with Crippen LogP contribution in [0.2, 0.25) is 0 Å². The summed E-state index contributed by atoms with van der Waals surface area (Å²) in [5.74, 6) is 0.436. The SMILES string of the molecule is CC1(N2CCOCC2)C(c2ccc(CS)cc2)=NC1COC(=O)C1CO1. The summed E-state index contributed by atoms with van der Waals surface area (Å²) < 4.78 is 15.9. The van der Waals surface area contributed by atoms with Gasteiger partial charge in [0, 0.05) is 18.8 Å². The van der Waals surface area contributed by atoms with Crippen molar-refractivity contribution in [2.45, 2.75) is 30.4 Å². The molecule has 0 amide bonds. The second kappa shape index (κ2) is 7.31. The van der Waals surface area contributed by atoms with Gasteiger partial charge in [-0.1, -0.05) is 24.3 Å². The second-order valence-electron chi connectivity index (χ2n) is 7.05. The highest BCUT2D eigenvalue weighted by Gasteiger charge is 2.52. The van der Waals surface area contributed by atoms with Gasteiger partial charge in [0.05, 0.1) is 31.1 Å². The smallest absolute Gasteiger partial charge is 0.337 e. The lowest BCUT2D eigenvalue weighted by Gasteiger charge is -2.52. The van der Waals surface area contributed by atoms with Crippen molar-refractivity contribution in [2.75, 3.05) is 39.5 Å². The van der Waals surface area contributed by atoms with Crippen molar-refractivity contribution in [1.29, 1.82) is 0 Å². The molecule has 3 unspecified atom stereocenters. The molecular formula is C19H24N2O4S. The van der Waals surface area contributed by atoms with Gasteiger partial charge in [0.1, 0.15) is 12.6 Å². The van der Waals surface area contributed by atoms with Gasteiger partial charge in [-0.15, -0.1) is 0 Å². The largest absolute Gasteiger partial charge is 0.461 e. The number of rotatable bonds is 6. The van der Waals surface area contributed by atoms with Crippen molar-refractivity contribution >= 4 is 24.3 Å². The predicted octanol–water partition coefficient (Wildman–Crippen LogP) is 1.32. The lowest BCUT2D eigenvalue weighted by Crippen LogP contribution is -2.68. The van der Waals surface area contributed by atoms with Gasteiger partial charge in [0.25, 0.3) is 0 Å². The molecule has 140 valence electrons. The van der Waals surface area contributed by atoms with E-state index in [1.54, 1.807) is 0 Å². The fourth-order valence-electron chi connectivity index (χ4n) is 3.66. The van der Waals surface area contributed by atoms with Crippen molar-refractivity contribution in [3.05, 3.63) is 35.4 Å². The second-order valence-corrected chi connectivity index (χ2v) is 7.36. The molecule has 0 aliphatic carbocycles. The van der Waals surface area contributed by atoms with Crippen molar-refractivity contribution in [3.63, 3.8) is 0 Å². The molecule has 3 aliphatic rings. The average Bonchev–Trinajstić information content (AvgIpc) is 3.53. The highest BCUT2D eigenvalue weighted by Crippen LogP contribution is 2.37. The van der Waals surface area contributed by atoms with E-state index in [1.165, 1.54) is 5.56 Å². The maximum atomic E-state index is 11.8. The van der Waals surface area contributed by atoms with E-state index in [1.807, 2.05) is 0 Å². The van der Waals surface area contributed by atoms with Crippen LogP contribution in [0.15, 0.2) is 29.3 Å². The first kappa shape index (κ1) is 18.0. The summed E-state index contributed by atoms with van der Waals surface area (Å²) in [6.45, 7) is 6.06. The van der Waals surface area contributed by atoms with Crippen LogP contribution in [0.1, 0.15) is 18.1 Å². The Bertz CT molecular complexity index is 698. The molecular weight excluding hydrogens is 352 g/mol. The Kier molecular flexibility index (Phi) is 5.05. The van der Waals surface area contributed by atoms with Crippen LogP contribution < -0.4 is 0 Å². The number of esters is 1. The molecule has 0 spiro atoms. The first-order valence-corrected chi connectivity index (χ1v) is 9.65. The fourth-order valence-corrected chi connectivity index (χ4v) is 3.88. The molecule has 3 aliphatic heterocycles. The third kappa shape index (κ3) is 3.29. The molecule has 2 fully saturated rings. The number of carbonyl (C=O) groups is 1. The number of hydrogen-bond donors (Lipinski definition) is 1. The zero-order valence-electron chi connectivity index (χ0n) is 14.9. The Labute approximate surface area is 158 Å². The Morgan fingerprint density at radius 3 is 2.65 bits per heavy atom. The molecule has 7 heteroatoms. The summed E-state index contributed by atoms with van der Waals surface area (Å²) in [5, 5.41) is 0. The van der Waals surface area contributed by atoms with Crippen molar-refractivity contribution in [3.8, 4) is 0 Å². The van der Waals surface area contributed by atoms with Gasteiger partial charge in [0.15, 0.2) is 6.10 Å². The van der Waals surface area contributed by atoms with Crippen LogP contribution in [0.3, 0.4) is 0 Å². The van der Waals surface area contributed by atoms with Crippen molar-refractivity contribution in [2.24, 2.45) is 4.99 Å². The van der Waals surface area contributed by atoms with E-state index in [0.717, 1.165) is 30.1 Å². The van der Waals surface area contributed by atoms with Crippen LogP contribution in [0.25, 0.3) is 0 Å². The minimum absolute atomic E-state index is 0.0807. The van der Waals surface area contributed by atoms with Gasteiger partial charge < -0.3 is 14.2 Å². The monoisotopic (exact) mass is 376 g/mol. The number of morpholine rings is 1. The minimum Gasteiger partial charge on any atom is -0.461 e. The minimum atomic E-state index is -0.373. The van der Waals surface area contributed by atoms with Crippen molar-refractivity contribution in [1.82, 2.24) is 4.90 Å². The number of benzene rings is 1. The summed E-state index contributed by atoms with van der Waals surface area (Å²) in [4.78, 5) is 19.0. The molecule has 0 aromatic heterocycles. The highest BCUT2D eigenvalue weighted by atomic mass is 32.1. The molecule has 26 heavy (non-hydrogen) atoms. The van der Waals surface area contributed by atoms with Gasteiger partial charge in [-0.2, -0.15) is 12.6 Å². The van der Waals surface area contributed by atoms with Crippen molar-refractivity contribution < 1.29 is 19.0 Å². The molecule has 4 rings (SSSR count). The standard InChI is InChI=1S/C19H24N2O4S/c1-19(21-6-8-23-9-7-21)16(11-25-18(22)15-10-24-15)20-17(19)14-4-2-13(12-26)3-5-14/h2-5,15-16,26H,6-12H2,1H3. The maximum Gasteiger partial charge on any atom is 0.337 e. The third-order valence-electron chi connectivity index (χ3n) is 5.47. The summed E-state index contributed by atoms with van der Waals surface area (Å²) >= 11 is 4.32. The van der Waals surface area contributed by atoms with Crippen LogP contribution >= 0.6 is 12.6 Å². The van der Waals surface area contributed by atoms with E-state index < -0.39 is 0 Å². The molecule has 2 saturated heterocycles. The van der Waals surface area contributed by atoms with Crippen LogP contribution in [0.5, 0.6) is 0 Å². The molecule has 1 aromatic rings. The zero-order valence-corrected chi connectivity index (χ0v) is 15.8. The van der Waals surface area contributed by atoms with Gasteiger partial charge in [-0.25, -0.2) is 4.79 Å². The van der Waals surface area contributed by atoms with E-state index in [9.17, 15) is 4.79 Å². The van der Waals surface area contributed by atoms with Gasteiger partial charge in [-0.05, 0) is 18.1 Å². The molecule has 1 aromatic carbocycles. The number of epoxide rings is 1. The van der Waals surface area contributed by atoms with Crippen LogP contribution in [0.4, 0.5) is 0 Å². The van der Waals surface area contributed by atoms with E-state index in [4.69, 9.17) is 19.2 Å². The number of thiol groups is 1. The van der Waals surface area contributed by atoms with Gasteiger partial charge in [0.2, 0.25) is 0 Å². The summed E-state index contributed by atoms with van der Waals surface area (Å²) in [7, 11) is 0. The molecule has 0 N–H and O–H groups in total. The fraction of sp³-hybridized carbons (Fsp3) is 0.579. The molecule has 0 bridgehead atoms. The number of hydrogen-bond acceptors (Lipinski definition) is 7. The lowest BCUT2D eigenvalue weighted by atomic mass is 9.76. The number of ether oxygens (including phenoxy) is 3. The number of nitrogens with zero attached hydrogens (tertiary/aromatic N) is 2. The van der Waals surface area contributed by atoms with Crippen LogP contribution in [-0.4, -0.2) is 73.8 Å². The number of aliphatic imine (C=N–C) groups is 1. The quantitative estimate of drug-likeness (QED) is 0.461. The average molecular weight is 376 g/mol. The summed E-state index contributed by atoms with van der Waals surface area (Å²) in [5.41, 5.74) is 3.07. The van der Waals surface area contributed by atoms with Gasteiger partial charge >= 0.3 is 5.97 Å². The van der Waals surface area contributed by atoms with Crippen LogP contribution in [-0.2, 0) is 24.8 Å². The molecule has 3 atom stereocenters. The highest BCUT2D eigenvalue weighted by molar-refractivity contribution is 7.79. The normalized spacial score (nSPS) is 31.1. The van der Waals surface area contributed by atoms with E-state index >= 15 is 0 Å².